The Morgan fingerprint density at radius 1 is 1.40 bits per heavy atom. The second kappa shape index (κ2) is 5.05. The zero-order chi connectivity index (χ0) is 14.3. The molecule has 0 aliphatic carbocycles. The summed E-state index contributed by atoms with van der Waals surface area (Å²) in [6, 6.07) is 5.40. The van der Waals surface area contributed by atoms with Crippen LogP contribution in [0.4, 0.5) is 10.8 Å². The molecule has 1 amide bonds. The van der Waals surface area contributed by atoms with E-state index in [1.54, 1.807) is 12.3 Å². The number of nitrogen functional groups attached to an aromatic ring is 1. The number of hydrogen-bond acceptors (Lipinski definition) is 5. The predicted octanol–water partition coefficient (Wildman–Crippen LogP) is 4.15. The third-order valence-electron chi connectivity index (χ3n) is 2.74. The summed E-state index contributed by atoms with van der Waals surface area (Å²) in [5, 5.41) is 4.81. The molecule has 0 bridgehead atoms. The van der Waals surface area contributed by atoms with Crippen molar-refractivity contribution in [1.29, 1.82) is 0 Å². The number of aryl methyl sites for hydroxylation is 1. The summed E-state index contributed by atoms with van der Waals surface area (Å²) in [5.41, 5.74) is 6.52. The Morgan fingerprint density at radius 3 is 2.90 bits per heavy atom. The van der Waals surface area contributed by atoms with E-state index in [4.69, 9.17) is 17.3 Å². The van der Waals surface area contributed by atoms with Gasteiger partial charge in [0, 0.05) is 26.2 Å². The Bertz CT molecular complexity index is 809. The molecule has 0 saturated heterocycles. The molecule has 0 aliphatic rings. The van der Waals surface area contributed by atoms with Gasteiger partial charge in [-0.25, -0.2) is 4.98 Å². The Hall–Kier alpha value is -1.63. The summed E-state index contributed by atoms with van der Waals surface area (Å²) >= 11 is 8.70. The lowest BCUT2D eigenvalue weighted by molar-refractivity contribution is 0.103. The molecule has 0 atom stereocenters. The van der Waals surface area contributed by atoms with Gasteiger partial charge in [-0.05, 0) is 25.1 Å². The number of hydrogen-bond donors (Lipinski definition) is 2. The van der Waals surface area contributed by atoms with E-state index in [0.717, 1.165) is 15.0 Å². The molecule has 2 heterocycles. The van der Waals surface area contributed by atoms with Crippen LogP contribution >= 0.6 is 34.3 Å². The molecule has 102 valence electrons. The van der Waals surface area contributed by atoms with E-state index in [9.17, 15) is 4.79 Å². The highest BCUT2D eigenvalue weighted by atomic mass is 35.5. The van der Waals surface area contributed by atoms with Gasteiger partial charge in [-0.1, -0.05) is 11.6 Å². The molecule has 0 aliphatic heterocycles. The minimum atomic E-state index is -0.242. The highest BCUT2D eigenvalue weighted by Crippen LogP contribution is 2.35. The van der Waals surface area contributed by atoms with Gasteiger partial charge in [0.2, 0.25) is 0 Å². The molecule has 3 N–H and O–H groups in total. The summed E-state index contributed by atoms with van der Waals surface area (Å²) in [7, 11) is 0. The standard InChI is InChI=1S/C13H10ClN3OS2/c1-6-5-16-13(19-6)17-12(18)11-10(15)8-3-2-7(14)4-9(8)20-11/h2-5H,15H2,1H3,(H,16,17,18). The highest BCUT2D eigenvalue weighted by molar-refractivity contribution is 7.22. The Morgan fingerprint density at radius 2 is 2.20 bits per heavy atom. The summed E-state index contributed by atoms with van der Waals surface area (Å²) in [4.78, 5) is 17.9. The number of nitrogens with one attached hydrogen (secondary N) is 1. The maximum absolute atomic E-state index is 12.3. The lowest BCUT2D eigenvalue weighted by atomic mass is 10.2. The lowest BCUT2D eigenvalue weighted by Gasteiger charge is -1.99. The van der Waals surface area contributed by atoms with E-state index >= 15 is 0 Å². The third kappa shape index (κ3) is 2.37. The number of carbonyl (C=O) groups is 1. The van der Waals surface area contributed by atoms with E-state index in [2.05, 4.69) is 10.3 Å². The van der Waals surface area contributed by atoms with Crippen molar-refractivity contribution in [2.75, 3.05) is 11.1 Å². The van der Waals surface area contributed by atoms with Crippen molar-refractivity contribution in [3.05, 3.63) is 39.2 Å². The van der Waals surface area contributed by atoms with Crippen molar-refractivity contribution in [2.24, 2.45) is 0 Å². The molecule has 0 radical (unpaired) electrons. The number of amides is 1. The van der Waals surface area contributed by atoms with Gasteiger partial charge < -0.3 is 5.73 Å². The van der Waals surface area contributed by atoms with E-state index in [1.807, 2.05) is 19.1 Å². The van der Waals surface area contributed by atoms with E-state index in [0.29, 0.717) is 20.7 Å². The fourth-order valence-corrected chi connectivity index (χ4v) is 3.78. The van der Waals surface area contributed by atoms with Gasteiger partial charge in [0.25, 0.3) is 5.91 Å². The first kappa shape index (κ1) is 13.4. The van der Waals surface area contributed by atoms with Gasteiger partial charge in [-0.2, -0.15) is 0 Å². The van der Waals surface area contributed by atoms with Crippen molar-refractivity contribution in [1.82, 2.24) is 4.98 Å². The average molecular weight is 324 g/mol. The number of nitrogens with zero attached hydrogens (tertiary/aromatic N) is 1. The van der Waals surface area contributed by atoms with Crippen LogP contribution in [0, 0.1) is 6.92 Å². The molecule has 0 saturated carbocycles. The highest BCUT2D eigenvalue weighted by Gasteiger charge is 2.17. The van der Waals surface area contributed by atoms with Gasteiger partial charge in [0.15, 0.2) is 5.13 Å². The number of aromatic nitrogens is 1. The second-order valence-corrected chi connectivity index (χ2v) is 6.94. The maximum atomic E-state index is 12.3. The monoisotopic (exact) mass is 323 g/mol. The Labute approximate surface area is 128 Å². The van der Waals surface area contributed by atoms with Crippen LogP contribution in [0.1, 0.15) is 14.5 Å². The molecule has 3 aromatic rings. The number of benzene rings is 1. The molecule has 0 unspecified atom stereocenters. The van der Waals surface area contributed by atoms with Crippen LogP contribution in [0.15, 0.2) is 24.4 Å². The summed E-state index contributed by atoms with van der Waals surface area (Å²) in [6.07, 6.45) is 1.72. The quantitative estimate of drug-likeness (QED) is 0.744. The van der Waals surface area contributed by atoms with Gasteiger partial charge >= 0.3 is 0 Å². The van der Waals surface area contributed by atoms with E-state index in [1.165, 1.54) is 22.7 Å². The fraction of sp³-hybridized carbons (Fsp3) is 0.0769. The van der Waals surface area contributed by atoms with Crippen molar-refractivity contribution in [3.8, 4) is 0 Å². The van der Waals surface area contributed by atoms with Gasteiger partial charge in [0.05, 0.1) is 5.69 Å². The number of carbonyl (C=O) groups excluding carboxylic acids is 1. The molecule has 0 fully saturated rings. The van der Waals surface area contributed by atoms with Crippen LogP contribution in [0.3, 0.4) is 0 Å². The minimum Gasteiger partial charge on any atom is -0.397 e. The molecule has 0 spiro atoms. The number of rotatable bonds is 2. The van der Waals surface area contributed by atoms with Crippen LogP contribution in [0.25, 0.3) is 10.1 Å². The summed E-state index contributed by atoms with van der Waals surface area (Å²) < 4.78 is 0.899. The smallest absolute Gasteiger partial charge is 0.269 e. The number of thiophene rings is 1. The largest absolute Gasteiger partial charge is 0.397 e. The minimum absolute atomic E-state index is 0.242. The number of halogens is 1. The van der Waals surface area contributed by atoms with Crippen molar-refractivity contribution >= 4 is 61.1 Å². The first-order valence-electron chi connectivity index (χ1n) is 5.76. The number of anilines is 2. The normalized spacial score (nSPS) is 10.9. The lowest BCUT2D eigenvalue weighted by Crippen LogP contribution is -2.11. The molecule has 4 nitrogen and oxygen atoms in total. The zero-order valence-electron chi connectivity index (χ0n) is 10.4. The molecule has 3 rings (SSSR count). The topological polar surface area (TPSA) is 68.0 Å². The van der Waals surface area contributed by atoms with Crippen LogP contribution < -0.4 is 11.1 Å². The molecule has 20 heavy (non-hydrogen) atoms. The van der Waals surface area contributed by atoms with Gasteiger partial charge in [-0.3, -0.25) is 10.1 Å². The number of fused-ring (bicyclic) bond motifs is 1. The molecule has 2 aromatic heterocycles. The Balaban J connectivity index is 1.97. The van der Waals surface area contributed by atoms with Crippen molar-refractivity contribution < 1.29 is 4.79 Å². The molecule has 1 aromatic carbocycles. The second-order valence-electron chi connectivity index (χ2n) is 4.22. The van der Waals surface area contributed by atoms with Crippen molar-refractivity contribution in [2.45, 2.75) is 6.92 Å². The van der Waals surface area contributed by atoms with E-state index < -0.39 is 0 Å². The van der Waals surface area contributed by atoms with Crippen LogP contribution in [0.5, 0.6) is 0 Å². The number of nitrogens with two attached hydrogens (primary N) is 1. The first-order chi connectivity index (χ1) is 9.54. The predicted molar refractivity (Wildman–Crippen MR) is 86.1 cm³/mol. The van der Waals surface area contributed by atoms with Crippen LogP contribution in [0.2, 0.25) is 5.02 Å². The van der Waals surface area contributed by atoms with Crippen LogP contribution in [-0.2, 0) is 0 Å². The Kier molecular flexibility index (Phi) is 3.37. The average Bonchev–Trinajstić information content (AvgIpc) is 2.94. The van der Waals surface area contributed by atoms with Crippen LogP contribution in [-0.4, -0.2) is 10.9 Å². The zero-order valence-corrected chi connectivity index (χ0v) is 12.8. The van der Waals surface area contributed by atoms with Crippen molar-refractivity contribution in [3.63, 3.8) is 0 Å². The molecular formula is C13H10ClN3OS2. The van der Waals surface area contributed by atoms with Gasteiger partial charge in [0.1, 0.15) is 4.88 Å². The molecule has 7 heteroatoms. The summed E-state index contributed by atoms with van der Waals surface area (Å²) in [6.45, 7) is 1.93. The van der Waals surface area contributed by atoms with Gasteiger partial charge in [-0.15, -0.1) is 22.7 Å². The third-order valence-corrected chi connectivity index (χ3v) is 4.97. The molecular weight excluding hydrogens is 314 g/mol. The SMILES string of the molecule is Cc1cnc(NC(=O)c2sc3cc(Cl)ccc3c2N)s1. The number of thiazole rings is 1. The summed E-state index contributed by atoms with van der Waals surface area (Å²) in [5.74, 6) is -0.242. The fourth-order valence-electron chi connectivity index (χ4n) is 1.83. The van der Waals surface area contributed by atoms with E-state index in [-0.39, 0.29) is 5.91 Å². The first-order valence-corrected chi connectivity index (χ1v) is 7.77. The maximum Gasteiger partial charge on any atom is 0.269 e.